The molecule has 2 heteroatoms. The fraction of sp³-hybridized carbons (Fsp3) is 0.389. The van der Waals surface area contributed by atoms with Crippen LogP contribution >= 0.6 is 0 Å². The van der Waals surface area contributed by atoms with E-state index in [2.05, 4.69) is 20.4 Å². The van der Waals surface area contributed by atoms with Crippen molar-refractivity contribution >= 4 is 5.97 Å². The molecule has 0 saturated heterocycles. The number of hydrogen-bond acceptors (Lipinski definition) is 2. The summed E-state index contributed by atoms with van der Waals surface area (Å²) in [7, 11) is 0. The normalized spacial score (nSPS) is 11.5. The standard InChI is InChI=1S/C18H24O2/c1-4-12-18(2,3)13-8-9-14-20-17(19)15-16-10-6-5-7-11-16/h4-7,9-11,14H,1,8,12-13,15H2,2-3H3/b14-9+. The average Bonchev–Trinajstić information content (AvgIpc) is 2.39. The topological polar surface area (TPSA) is 26.3 Å². The van der Waals surface area contributed by atoms with Crippen molar-refractivity contribution in [3.05, 3.63) is 60.9 Å². The molecule has 0 N–H and O–H groups in total. The van der Waals surface area contributed by atoms with Crippen LogP contribution in [0, 0.1) is 5.41 Å². The van der Waals surface area contributed by atoms with E-state index < -0.39 is 0 Å². The summed E-state index contributed by atoms with van der Waals surface area (Å²) in [5, 5.41) is 0. The van der Waals surface area contributed by atoms with Gasteiger partial charge in [0.15, 0.2) is 0 Å². The predicted molar refractivity (Wildman–Crippen MR) is 83.2 cm³/mol. The molecule has 0 amide bonds. The maximum absolute atomic E-state index is 11.6. The lowest BCUT2D eigenvalue weighted by Gasteiger charge is -2.21. The fourth-order valence-corrected chi connectivity index (χ4v) is 1.96. The van der Waals surface area contributed by atoms with Crippen molar-refractivity contribution in [2.75, 3.05) is 0 Å². The number of benzene rings is 1. The lowest BCUT2D eigenvalue weighted by molar-refractivity contribution is -0.137. The molecule has 0 aromatic heterocycles. The number of carbonyl (C=O) groups is 1. The highest BCUT2D eigenvalue weighted by Crippen LogP contribution is 2.26. The number of carbonyl (C=O) groups excluding carboxylic acids is 1. The molecule has 0 fully saturated rings. The monoisotopic (exact) mass is 272 g/mol. The molecule has 0 spiro atoms. The minimum atomic E-state index is -0.224. The van der Waals surface area contributed by atoms with Crippen LogP contribution in [0.1, 0.15) is 38.7 Å². The van der Waals surface area contributed by atoms with Crippen LogP contribution in [0.5, 0.6) is 0 Å². The van der Waals surface area contributed by atoms with Gasteiger partial charge < -0.3 is 4.74 Å². The van der Waals surface area contributed by atoms with Crippen molar-refractivity contribution in [1.29, 1.82) is 0 Å². The second-order valence-electron chi connectivity index (χ2n) is 5.72. The van der Waals surface area contributed by atoms with Gasteiger partial charge in [0.1, 0.15) is 0 Å². The zero-order chi connectivity index (χ0) is 14.8. The molecule has 0 aliphatic carbocycles. The molecule has 1 rings (SSSR count). The maximum atomic E-state index is 11.6. The van der Waals surface area contributed by atoms with Crippen molar-refractivity contribution in [2.24, 2.45) is 5.41 Å². The van der Waals surface area contributed by atoms with E-state index in [1.807, 2.05) is 42.5 Å². The third kappa shape index (κ3) is 6.93. The van der Waals surface area contributed by atoms with Gasteiger partial charge in [-0.15, -0.1) is 6.58 Å². The van der Waals surface area contributed by atoms with Gasteiger partial charge in [-0.25, -0.2) is 0 Å². The quantitative estimate of drug-likeness (QED) is 0.390. The van der Waals surface area contributed by atoms with Crippen LogP contribution in [0.15, 0.2) is 55.3 Å². The van der Waals surface area contributed by atoms with E-state index in [0.29, 0.717) is 6.42 Å². The van der Waals surface area contributed by atoms with Gasteiger partial charge in [-0.2, -0.15) is 0 Å². The third-order valence-corrected chi connectivity index (χ3v) is 3.17. The minimum absolute atomic E-state index is 0.224. The van der Waals surface area contributed by atoms with Crippen LogP contribution in [0.25, 0.3) is 0 Å². The Balaban J connectivity index is 2.24. The first-order valence-corrected chi connectivity index (χ1v) is 7.03. The van der Waals surface area contributed by atoms with E-state index in [0.717, 1.165) is 24.8 Å². The second-order valence-corrected chi connectivity index (χ2v) is 5.72. The predicted octanol–water partition coefficient (Wildman–Crippen LogP) is 4.67. The molecule has 1 aromatic carbocycles. The Morgan fingerprint density at radius 3 is 2.65 bits per heavy atom. The van der Waals surface area contributed by atoms with Gasteiger partial charge in [0.25, 0.3) is 0 Å². The highest BCUT2D eigenvalue weighted by Gasteiger charge is 2.14. The van der Waals surface area contributed by atoms with Gasteiger partial charge in [0.05, 0.1) is 12.7 Å². The summed E-state index contributed by atoms with van der Waals surface area (Å²) in [6.45, 7) is 8.19. The van der Waals surface area contributed by atoms with Crippen LogP contribution < -0.4 is 0 Å². The molecule has 0 bridgehead atoms. The van der Waals surface area contributed by atoms with E-state index in [9.17, 15) is 4.79 Å². The first-order chi connectivity index (χ1) is 9.53. The highest BCUT2D eigenvalue weighted by atomic mass is 16.5. The van der Waals surface area contributed by atoms with Crippen molar-refractivity contribution in [1.82, 2.24) is 0 Å². The van der Waals surface area contributed by atoms with Crippen molar-refractivity contribution < 1.29 is 9.53 Å². The SMILES string of the molecule is C=CCC(C)(C)CC/C=C/OC(=O)Cc1ccccc1. The van der Waals surface area contributed by atoms with Crippen LogP contribution in [-0.2, 0) is 16.0 Å². The molecule has 0 aliphatic heterocycles. The molecule has 0 unspecified atom stereocenters. The first kappa shape index (κ1) is 16.2. The van der Waals surface area contributed by atoms with Gasteiger partial charge in [0, 0.05) is 0 Å². The zero-order valence-corrected chi connectivity index (χ0v) is 12.5. The summed E-state index contributed by atoms with van der Waals surface area (Å²) in [5.74, 6) is -0.224. The molecule has 0 atom stereocenters. The van der Waals surface area contributed by atoms with Gasteiger partial charge >= 0.3 is 5.97 Å². The molecule has 0 heterocycles. The number of esters is 1. The van der Waals surface area contributed by atoms with Crippen LogP contribution in [-0.4, -0.2) is 5.97 Å². The van der Waals surface area contributed by atoms with Gasteiger partial charge in [-0.05, 0) is 36.3 Å². The van der Waals surface area contributed by atoms with Gasteiger partial charge in [-0.1, -0.05) is 50.3 Å². The van der Waals surface area contributed by atoms with Gasteiger partial charge in [0.2, 0.25) is 0 Å². The molecular weight excluding hydrogens is 248 g/mol. The number of allylic oxidation sites excluding steroid dienone is 2. The van der Waals surface area contributed by atoms with Crippen molar-refractivity contribution in [2.45, 2.75) is 39.5 Å². The Morgan fingerprint density at radius 2 is 2.00 bits per heavy atom. The average molecular weight is 272 g/mol. The summed E-state index contributed by atoms with van der Waals surface area (Å²) >= 11 is 0. The fourth-order valence-electron chi connectivity index (χ4n) is 1.96. The lowest BCUT2D eigenvalue weighted by atomic mass is 9.84. The van der Waals surface area contributed by atoms with Crippen LogP contribution in [0.2, 0.25) is 0 Å². The van der Waals surface area contributed by atoms with Crippen molar-refractivity contribution in [3.63, 3.8) is 0 Å². The minimum Gasteiger partial charge on any atom is -0.435 e. The number of rotatable bonds is 8. The Bertz CT molecular complexity index is 444. The number of hydrogen-bond donors (Lipinski definition) is 0. The molecule has 2 nitrogen and oxygen atoms in total. The lowest BCUT2D eigenvalue weighted by Crippen LogP contribution is -2.09. The summed E-state index contributed by atoms with van der Waals surface area (Å²) in [5.41, 5.74) is 1.22. The molecule has 0 radical (unpaired) electrons. The van der Waals surface area contributed by atoms with E-state index in [1.165, 1.54) is 6.26 Å². The third-order valence-electron chi connectivity index (χ3n) is 3.17. The second kappa shape index (κ2) is 8.36. The van der Waals surface area contributed by atoms with Crippen LogP contribution in [0.3, 0.4) is 0 Å². The molecule has 1 aromatic rings. The smallest absolute Gasteiger partial charge is 0.315 e. The maximum Gasteiger partial charge on any atom is 0.315 e. The van der Waals surface area contributed by atoms with E-state index in [4.69, 9.17) is 4.74 Å². The Kier molecular flexibility index (Phi) is 6.78. The zero-order valence-electron chi connectivity index (χ0n) is 12.5. The van der Waals surface area contributed by atoms with E-state index in [-0.39, 0.29) is 11.4 Å². The molecule has 108 valence electrons. The summed E-state index contributed by atoms with van der Waals surface area (Å²) in [6, 6.07) is 9.60. The highest BCUT2D eigenvalue weighted by molar-refractivity contribution is 5.73. The first-order valence-electron chi connectivity index (χ1n) is 7.03. The van der Waals surface area contributed by atoms with Crippen molar-refractivity contribution in [3.8, 4) is 0 Å². The Hall–Kier alpha value is -1.83. The Labute approximate surface area is 122 Å². The van der Waals surface area contributed by atoms with Crippen LogP contribution in [0.4, 0.5) is 0 Å². The Morgan fingerprint density at radius 1 is 1.30 bits per heavy atom. The summed E-state index contributed by atoms with van der Waals surface area (Å²) < 4.78 is 5.08. The largest absolute Gasteiger partial charge is 0.435 e. The van der Waals surface area contributed by atoms with E-state index in [1.54, 1.807) is 0 Å². The van der Waals surface area contributed by atoms with Gasteiger partial charge in [-0.3, -0.25) is 4.79 Å². The summed E-state index contributed by atoms with van der Waals surface area (Å²) in [6.07, 6.45) is 8.62. The molecule has 0 aliphatic rings. The molecule has 20 heavy (non-hydrogen) atoms. The molecular formula is C18H24O2. The molecule has 0 saturated carbocycles. The van der Waals surface area contributed by atoms with E-state index >= 15 is 0 Å². The summed E-state index contributed by atoms with van der Waals surface area (Å²) in [4.78, 5) is 11.6. The number of ether oxygens (including phenoxy) is 1.